The first kappa shape index (κ1) is 15.9. The molecule has 1 rings (SSSR count). The highest BCUT2D eigenvalue weighted by Crippen LogP contribution is 2.10. The van der Waals surface area contributed by atoms with E-state index in [0.717, 1.165) is 0 Å². The summed E-state index contributed by atoms with van der Waals surface area (Å²) in [7, 11) is 1.54. The average molecular weight is 281 g/mol. The van der Waals surface area contributed by atoms with Gasteiger partial charge < -0.3 is 20.5 Å². The van der Waals surface area contributed by atoms with Crippen LogP contribution in [0.4, 0.5) is 5.69 Å². The molecule has 0 aromatic carbocycles. The first-order chi connectivity index (χ1) is 9.43. The Morgan fingerprint density at radius 1 is 1.50 bits per heavy atom. The lowest BCUT2D eigenvalue weighted by molar-refractivity contribution is -0.125. The maximum Gasteiger partial charge on any atom is 0.340 e. The highest BCUT2D eigenvalue weighted by Gasteiger charge is 2.14. The van der Waals surface area contributed by atoms with Gasteiger partial charge in [0.1, 0.15) is 0 Å². The van der Waals surface area contributed by atoms with Gasteiger partial charge in [0.25, 0.3) is 5.91 Å². The molecule has 1 unspecified atom stereocenters. The second kappa shape index (κ2) is 7.44. The van der Waals surface area contributed by atoms with E-state index in [0.29, 0.717) is 18.0 Å². The lowest BCUT2D eigenvalue weighted by Gasteiger charge is -2.13. The fourth-order valence-corrected chi connectivity index (χ4v) is 1.57. The van der Waals surface area contributed by atoms with Crippen LogP contribution in [0.1, 0.15) is 23.0 Å². The molecule has 1 aromatic heterocycles. The molecule has 0 aliphatic rings. The van der Waals surface area contributed by atoms with Gasteiger partial charge in [0.2, 0.25) is 0 Å². The maximum absolute atomic E-state index is 11.8. The van der Waals surface area contributed by atoms with Gasteiger partial charge in [-0.05, 0) is 19.9 Å². The first-order valence-corrected chi connectivity index (χ1v) is 6.11. The van der Waals surface area contributed by atoms with Crippen LogP contribution >= 0.6 is 0 Å². The summed E-state index contributed by atoms with van der Waals surface area (Å²) in [6.45, 7) is 3.48. The topological polar surface area (TPSA) is 104 Å². The van der Waals surface area contributed by atoms with Gasteiger partial charge in [-0.1, -0.05) is 0 Å². The van der Waals surface area contributed by atoms with Crippen molar-refractivity contribution in [3.05, 3.63) is 23.5 Å². The zero-order chi connectivity index (χ0) is 15.1. The number of carbonyl (C=O) groups excluding carboxylic acids is 2. The molecule has 0 bridgehead atoms. The molecule has 0 aliphatic carbocycles. The predicted octanol–water partition coefficient (Wildman–Crippen LogP) is 0.280. The summed E-state index contributed by atoms with van der Waals surface area (Å²) in [5.74, 6) is -1.02. The number of nitrogens with zero attached hydrogens (tertiary/aromatic N) is 1. The number of pyridine rings is 1. The van der Waals surface area contributed by atoms with Crippen LogP contribution in [0.25, 0.3) is 0 Å². The van der Waals surface area contributed by atoms with Gasteiger partial charge in [-0.25, -0.2) is 4.79 Å². The van der Waals surface area contributed by atoms with E-state index in [9.17, 15) is 9.59 Å². The van der Waals surface area contributed by atoms with Crippen LogP contribution in [0, 0.1) is 6.92 Å². The Bertz CT molecular complexity index is 491. The Labute approximate surface area is 117 Å². The van der Waals surface area contributed by atoms with Crippen LogP contribution in [0.3, 0.4) is 0 Å². The molecule has 0 saturated heterocycles. The number of nitrogen functional groups attached to an aromatic ring is 1. The van der Waals surface area contributed by atoms with Crippen LogP contribution in [-0.2, 0) is 14.3 Å². The Kier molecular flexibility index (Phi) is 5.92. The Morgan fingerprint density at radius 3 is 2.85 bits per heavy atom. The fraction of sp³-hybridized carbons (Fsp3) is 0.462. The average Bonchev–Trinajstić information content (AvgIpc) is 2.39. The molecular weight excluding hydrogens is 262 g/mol. The van der Waals surface area contributed by atoms with Gasteiger partial charge in [0, 0.05) is 13.2 Å². The highest BCUT2D eigenvalue weighted by atomic mass is 16.5. The van der Waals surface area contributed by atoms with E-state index < -0.39 is 11.9 Å². The van der Waals surface area contributed by atoms with Crippen LogP contribution < -0.4 is 11.1 Å². The number of hydrogen-bond donors (Lipinski definition) is 2. The zero-order valence-corrected chi connectivity index (χ0v) is 11.8. The minimum atomic E-state index is -0.628. The molecule has 7 nitrogen and oxygen atoms in total. The second-order valence-electron chi connectivity index (χ2n) is 4.40. The summed E-state index contributed by atoms with van der Waals surface area (Å²) in [5.41, 5.74) is 6.67. The number of amides is 1. The van der Waals surface area contributed by atoms with E-state index in [1.54, 1.807) is 13.8 Å². The zero-order valence-electron chi connectivity index (χ0n) is 11.8. The molecule has 0 saturated carbocycles. The number of aromatic nitrogens is 1. The van der Waals surface area contributed by atoms with E-state index in [-0.39, 0.29) is 18.2 Å². The number of hydrogen-bond acceptors (Lipinski definition) is 6. The molecule has 20 heavy (non-hydrogen) atoms. The largest absolute Gasteiger partial charge is 0.452 e. The van der Waals surface area contributed by atoms with Crippen molar-refractivity contribution >= 4 is 17.6 Å². The summed E-state index contributed by atoms with van der Waals surface area (Å²) in [6.07, 6.45) is 1.45. The molecule has 0 fully saturated rings. The molecule has 1 heterocycles. The number of methoxy groups -OCH3 is 1. The third-order valence-electron chi connectivity index (χ3n) is 2.49. The quantitative estimate of drug-likeness (QED) is 0.726. The number of rotatable bonds is 6. The number of carbonyl (C=O) groups is 2. The summed E-state index contributed by atoms with van der Waals surface area (Å²) in [5, 5.41) is 2.63. The van der Waals surface area contributed by atoms with E-state index in [2.05, 4.69) is 10.3 Å². The van der Waals surface area contributed by atoms with Crippen LogP contribution in [0.5, 0.6) is 0 Å². The SMILES string of the molecule is COCC(C)NC(=O)COC(=O)c1cc(N)cnc1C. The number of esters is 1. The number of anilines is 1. The highest BCUT2D eigenvalue weighted by molar-refractivity contribution is 5.93. The van der Waals surface area contributed by atoms with Gasteiger partial charge in [0.05, 0.1) is 29.7 Å². The van der Waals surface area contributed by atoms with Crippen LogP contribution in [0.2, 0.25) is 0 Å². The predicted molar refractivity (Wildman–Crippen MR) is 73.1 cm³/mol. The van der Waals surface area contributed by atoms with Crippen molar-refractivity contribution < 1.29 is 19.1 Å². The Morgan fingerprint density at radius 2 is 2.20 bits per heavy atom. The number of nitrogens with one attached hydrogen (secondary N) is 1. The minimum Gasteiger partial charge on any atom is -0.452 e. The van der Waals surface area contributed by atoms with Gasteiger partial charge in [0.15, 0.2) is 6.61 Å². The van der Waals surface area contributed by atoms with Gasteiger partial charge in [-0.2, -0.15) is 0 Å². The van der Waals surface area contributed by atoms with E-state index in [1.165, 1.54) is 19.4 Å². The molecule has 0 radical (unpaired) electrons. The molecular formula is C13H19N3O4. The fourth-order valence-electron chi connectivity index (χ4n) is 1.57. The monoisotopic (exact) mass is 281 g/mol. The van der Waals surface area contributed by atoms with E-state index in [1.807, 2.05) is 0 Å². The van der Waals surface area contributed by atoms with Crippen molar-refractivity contribution in [3.8, 4) is 0 Å². The van der Waals surface area contributed by atoms with Crippen molar-refractivity contribution in [1.29, 1.82) is 0 Å². The van der Waals surface area contributed by atoms with Crippen LogP contribution in [0.15, 0.2) is 12.3 Å². The summed E-state index contributed by atoms with van der Waals surface area (Å²) < 4.78 is 9.80. The van der Waals surface area contributed by atoms with Crippen molar-refractivity contribution in [2.24, 2.45) is 0 Å². The minimum absolute atomic E-state index is 0.151. The second-order valence-corrected chi connectivity index (χ2v) is 4.40. The Balaban J connectivity index is 2.51. The molecule has 1 amide bonds. The first-order valence-electron chi connectivity index (χ1n) is 6.11. The van der Waals surface area contributed by atoms with Gasteiger partial charge in [-0.15, -0.1) is 0 Å². The Hall–Kier alpha value is -2.15. The normalized spacial score (nSPS) is 11.8. The lowest BCUT2D eigenvalue weighted by Crippen LogP contribution is -2.38. The van der Waals surface area contributed by atoms with Gasteiger partial charge in [-0.3, -0.25) is 9.78 Å². The molecule has 1 aromatic rings. The van der Waals surface area contributed by atoms with Crippen LogP contribution in [-0.4, -0.2) is 43.2 Å². The number of ether oxygens (including phenoxy) is 2. The van der Waals surface area contributed by atoms with Crippen molar-refractivity contribution in [2.45, 2.75) is 19.9 Å². The number of aryl methyl sites for hydroxylation is 1. The van der Waals surface area contributed by atoms with E-state index in [4.69, 9.17) is 15.2 Å². The smallest absolute Gasteiger partial charge is 0.340 e. The molecule has 0 aliphatic heterocycles. The van der Waals surface area contributed by atoms with Crippen molar-refractivity contribution in [2.75, 3.05) is 26.1 Å². The third kappa shape index (κ3) is 4.85. The number of nitrogens with two attached hydrogens (primary N) is 1. The van der Waals surface area contributed by atoms with E-state index >= 15 is 0 Å². The van der Waals surface area contributed by atoms with Crippen molar-refractivity contribution in [3.63, 3.8) is 0 Å². The molecule has 0 spiro atoms. The summed E-state index contributed by atoms with van der Waals surface area (Å²) in [6, 6.07) is 1.32. The molecule has 1 atom stereocenters. The van der Waals surface area contributed by atoms with Crippen molar-refractivity contribution in [1.82, 2.24) is 10.3 Å². The third-order valence-corrected chi connectivity index (χ3v) is 2.49. The van der Waals surface area contributed by atoms with Gasteiger partial charge >= 0.3 is 5.97 Å². The summed E-state index contributed by atoms with van der Waals surface area (Å²) >= 11 is 0. The standard InChI is InChI=1S/C13H19N3O4/c1-8(6-19-3)16-12(17)7-20-13(18)11-4-10(14)5-15-9(11)2/h4-5,8H,6-7,14H2,1-3H3,(H,16,17). The lowest BCUT2D eigenvalue weighted by atomic mass is 10.2. The molecule has 3 N–H and O–H groups in total. The summed E-state index contributed by atoms with van der Waals surface area (Å²) in [4.78, 5) is 27.3. The maximum atomic E-state index is 11.8. The molecule has 110 valence electrons. The molecule has 7 heteroatoms.